The molecular weight excluding hydrogens is 380 g/mol. The number of rotatable bonds is 5. The summed E-state index contributed by atoms with van der Waals surface area (Å²) in [7, 11) is -3.63. The van der Waals surface area contributed by atoms with Gasteiger partial charge >= 0.3 is 0 Å². The Morgan fingerprint density at radius 2 is 1.78 bits per heavy atom. The van der Waals surface area contributed by atoms with Crippen molar-refractivity contribution in [3.8, 4) is 0 Å². The maximum atomic E-state index is 12.3. The Morgan fingerprint density at radius 3 is 2.43 bits per heavy atom. The van der Waals surface area contributed by atoms with E-state index in [4.69, 9.17) is 0 Å². The van der Waals surface area contributed by atoms with Crippen LogP contribution in [0.2, 0.25) is 0 Å². The number of halogens is 1. The first kappa shape index (κ1) is 17.7. The zero-order valence-corrected chi connectivity index (χ0v) is 15.1. The van der Waals surface area contributed by atoms with E-state index in [9.17, 15) is 13.2 Å². The lowest BCUT2D eigenvalue weighted by atomic mass is 10.2. The highest BCUT2D eigenvalue weighted by atomic mass is 79.9. The second kappa shape index (κ2) is 7.25. The quantitative estimate of drug-likeness (QED) is 0.812. The molecule has 2 aromatic rings. The standard InChI is InChI=1S/C16H17BrN2O3S/c1-11(2)19-23(21,22)15-8-3-5-12(9-15)16(20)18-14-7-4-6-13(17)10-14/h3-11,19H,1-2H3,(H,18,20). The number of hydrogen-bond acceptors (Lipinski definition) is 3. The van der Waals surface area contributed by atoms with Crippen LogP contribution in [0.3, 0.4) is 0 Å². The Bertz CT molecular complexity index is 820. The largest absolute Gasteiger partial charge is 0.322 e. The zero-order chi connectivity index (χ0) is 17.0. The summed E-state index contributed by atoms with van der Waals surface area (Å²) in [4.78, 5) is 12.3. The van der Waals surface area contributed by atoms with Gasteiger partial charge in [0.1, 0.15) is 0 Å². The molecule has 0 spiro atoms. The van der Waals surface area contributed by atoms with Crippen molar-refractivity contribution in [3.05, 3.63) is 58.6 Å². The highest BCUT2D eigenvalue weighted by Gasteiger charge is 2.17. The van der Waals surface area contributed by atoms with Gasteiger partial charge in [0.2, 0.25) is 10.0 Å². The molecule has 0 unspecified atom stereocenters. The van der Waals surface area contributed by atoms with Gasteiger partial charge in [0, 0.05) is 21.8 Å². The zero-order valence-electron chi connectivity index (χ0n) is 12.7. The van der Waals surface area contributed by atoms with Gasteiger partial charge in [-0.25, -0.2) is 13.1 Å². The molecule has 2 aromatic carbocycles. The molecule has 2 N–H and O–H groups in total. The number of amides is 1. The smallest absolute Gasteiger partial charge is 0.255 e. The van der Waals surface area contributed by atoms with Gasteiger partial charge in [-0.05, 0) is 50.2 Å². The SMILES string of the molecule is CC(C)NS(=O)(=O)c1cccc(C(=O)Nc2cccc(Br)c2)c1. The molecule has 0 saturated carbocycles. The van der Waals surface area contributed by atoms with E-state index >= 15 is 0 Å². The molecule has 0 radical (unpaired) electrons. The minimum absolute atomic E-state index is 0.0630. The Morgan fingerprint density at radius 1 is 1.09 bits per heavy atom. The molecule has 0 atom stereocenters. The Hall–Kier alpha value is -1.70. The fraction of sp³-hybridized carbons (Fsp3) is 0.188. The van der Waals surface area contributed by atoms with Gasteiger partial charge in [0.15, 0.2) is 0 Å². The van der Waals surface area contributed by atoms with Crippen molar-refractivity contribution >= 4 is 37.5 Å². The third-order valence-electron chi connectivity index (χ3n) is 2.88. The van der Waals surface area contributed by atoms with Crippen LogP contribution < -0.4 is 10.0 Å². The molecule has 0 saturated heterocycles. The van der Waals surface area contributed by atoms with E-state index in [1.807, 2.05) is 6.07 Å². The van der Waals surface area contributed by atoms with Gasteiger partial charge < -0.3 is 5.32 Å². The molecular formula is C16H17BrN2O3S. The van der Waals surface area contributed by atoms with Gasteiger partial charge in [0.25, 0.3) is 5.91 Å². The van der Waals surface area contributed by atoms with Crippen LogP contribution in [-0.4, -0.2) is 20.4 Å². The van der Waals surface area contributed by atoms with E-state index in [-0.39, 0.29) is 22.4 Å². The summed E-state index contributed by atoms with van der Waals surface area (Å²) in [6.07, 6.45) is 0. The fourth-order valence-electron chi connectivity index (χ4n) is 1.95. The monoisotopic (exact) mass is 396 g/mol. The highest BCUT2D eigenvalue weighted by Crippen LogP contribution is 2.18. The lowest BCUT2D eigenvalue weighted by Crippen LogP contribution is -2.30. The van der Waals surface area contributed by atoms with Crippen LogP contribution in [0.25, 0.3) is 0 Å². The molecule has 2 rings (SSSR count). The highest BCUT2D eigenvalue weighted by molar-refractivity contribution is 9.10. The molecule has 0 aromatic heterocycles. The molecule has 0 bridgehead atoms. The Balaban J connectivity index is 2.24. The van der Waals surface area contributed by atoms with E-state index in [0.29, 0.717) is 5.69 Å². The first-order valence-electron chi connectivity index (χ1n) is 6.97. The molecule has 23 heavy (non-hydrogen) atoms. The number of sulfonamides is 1. The van der Waals surface area contributed by atoms with Gasteiger partial charge in [-0.3, -0.25) is 4.79 Å². The molecule has 122 valence electrons. The van der Waals surface area contributed by atoms with Gasteiger partial charge in [-0.15, -0.1) is 0 Å². The molecule has 1 amide bonds. The third kappa shape index (κ3) is 4.89. The van der Waals surface area contributed by atoms with Crippen molar-refractivity contribution in [2.75, 3.05) is 5.32 Å². The molecule has 5 nitrogen and oxygen atoms in total. The topological polar surface area (TPSA) is 75.3 Å². The molecule has 0 aliphatic heterocycles. The summed E-state index contributed by atoms with van der Waals surface area (Å²) in [6.45, 7) is 3.47. The summed E-state index contributed by atoms with van der Waals surface area (Å²) in [5.41, 5.74) is 0.898. The van der Waals surface area contributed by atoms with E-state index in [0.717, 1.165) is 4.47 Å². The maximum Gasteiger partial charge on any atom is 0.255 e. The average Bonchev–Trinajstić information content (AvgIpc) is 2.46. The van der Waals surface area contributed by atoms with E-state index in [1.165, 1.54) is 12.1 Å². The normalized spacial score (nSPS) is 11.5. The number of anilines is 1. The maximum absolute atomic E-state index is 12.3. The van der Waals surface area contributed by atoms with Gasteiger partial charge in [-0.1, -0.05) is 28.1 Å². The van der Waals surface area contributed by atoms with Gasteiger partial charge in [-0.2, -0.15) is 0 Å². The number of benzene rings is 2. The Kier molecular flexibility index (Phi) is 5.56. The second-order valence-electron chi connectivity index (χ2n) is 5.27. The third-order valence-corrected chi connectivity index (χ3v) is 5.03. The average molecular weight is 397 g/mol. The second-order valence-corrected chi connectivity index (χ2v) is 7.90. The molecule has 0 fully saturated rings. The van der Waals surface area contributed by atoms with Crippen LogP contribution in [-0.2, 0) is 10.0 Å². The van der Waals surface area contributed by atoms with Crippen molar-refractivity contribution in [3.63, 3.8) is 0 Å². The van der Waals surface area contributed by atoms with Crippen molar-refractivity contribution in [1.82, 2.24) is 4.72 Å². The summed E-state index contributed by atoms with van der Waals surface area (Å²) < 4.78 is 27.7. The van der Waals surface area contributed by atoms with Crippen LogP contribution in [0, 0.1) is 0 Å². The number of carbonyl (C=O) groups is 1. The number of hydrogen-bond donors (Lipinski definition) is 2. The summed E-state index contributed by atoms with van der Waals surface area (Å²) in [5.74, 6) is -0.371. The van der Waals surface area contributed by atoms with Crippen LogP contribution >= 0.6 is 15.9 Å². The van der Waals surface area contributed by atoms with Crippen LogP contribution in [0.1, 0.15) is 24.2 Å². The van der Waals surface area contributed by atoms with Crippen molar-refractivity contribution in [2.45, 2.75) is 24.8 Å². The first-order chi connectivity index (χ1) is 10.8. The van der Waals surface area contributed by atoms with E-state index < -0.39 is 10.0 Å². The van der Waals surface area contributed by atoms with Crippen molar-refractivity contribution in [1.29, 1.82) is 0 Å². The number of nitrogens with one attached hydrogen (secondary N) is 2. The number of carbonyl (C=O) groups excluding carboxylic acids is 1. The first-order valence-corrected chi connectivity index (χ1v) is 9.25. The van der Waals surface area contributed by atoms with Gasteiger partial charge in [0.05, 0.1) is 4.90 Å². The minimum atomic E-state index is -3.63. The fourth-order valence-corrected chi connectivity index (χ4v) is 3.65. The minimum Gasteiger partial charge on any atom is -0.322 e. The van der Waals surface area contributed by atoms with Crippen molar-refractivity contribution in [2.24, 2.45) is 0 Å². The van der Waals surface area contributed by atoms with E-state index in [1.54, 1.807) is 44.2 Å². The summed E-state index contributed by atoms with van der Waals surface area (Å²) >= 11 is 3.33. The predicted octanol–water partition coefficient (Wildman–Crippen LogP) is 3.39. The lowest BCUT2D eigenvalue weighted by molar-refractivity contribution is 0.102. The predicted molar refractivity (Wildman–Crippen MR) is 94.0 cm³/mol. The Labute approximate surface area is 144 Å². The van der Waals surface area contributed by atoms with E-state index in [2.05, 4.69) is 26.0 Å². The van der Waals surface area contributed by atoms with Crippen LogP contribution in [0.5, 0.6) is 0 Å². The lowest BCUT2D eigenvalue weighted by Gasteiger charge is -2.11. The molecule has 0 heterocycles. The molecule has 0 aliphatic rings. The van der Waals surface area contributed by atoms with Crippen molar-refractivity contribution < 1.29 is 13.2 Å². The van der Waals surface area contributed by atoms with Crippen LogP contribution in [0.4, 0.5) is 5.69 Å². The molecule has 0 aliphatic carbocycles. The van der Waals surface area contributed by atoms with Crippen LogP contribution in [0.15, 0.2) is 57.9 Å². The summed E-state index contributed by atoms with van der Waals surface area (Å²) in [6, 6.07) is 12.9. The summed E-state index contributed by atoms with van der Waals surface area (Å²) in [5, 5.41) is 2.73. The molecule has 7 heteroatoms.